The second kappa shape index (κ2) is 8.05. The zero-order valence-corrected chi connectivity index (χ0v) is 18.3. The molecule has 0 bridgehead atoms. The predicted molar refractivity (Wildman–Crippen MR) is 118 cm³/mol. The maximum absolute atomic E-state index is 13.8. The lowest BCUT2D eigenvalue weighted by molar-refractivity contribution is -0.141. The van der Waals surface area contributed by atoms with Gasteiger partial charge >= 0.3 is 6.18 Å². The van der Waals surface area contributed by atoms with Gasteiger partial charge < -0.3 is 14.2 Å². The lowest BCUT2D eigenvalue weighted by Crippen LogP contribution is -2.41. The van der Waals surface area contributed by atoms with Crippen molar-refractivity contribution in [2.24, 2.45) is 0 Å². The van der Waals surface area contributed by atoms with E-state index in [1.165, 1.54) is 12.0 Å². The Kier molecular flexibility index (Phi) is 5.15. The number of hydrogen-bond donors (Lipinski definition) is 1. The van der Waals surface area contributed by atoms with Gasteiger partial charge in [-0.25, -0.2) is 4.98 Å². The van der Waals surface area contributed by atoms with Gasteiger partial charge in [0.2, 0.25) is 0 Å². The van der Waals surface area contributed by atoms with Crippen LogP contribution in [-0.2, 0) is 6.18 Å². The number of aromatic nitrogens is 4. The van der Waals surface area contributed by atoms with Crippen LogP contribution in [0, 0.1) is 6.92 Å². The zero-order valence-electron chi connectivity index (χ0n) is 18.3. The van der Waals surface area contributed by atoms with Gasteiger partial charge in [-0.05, 0) is 48.9 Å². The molecule has 10 heteroatoms. The second-order valence-corrected chi connectivity index (χ2v) is 7.96. The number of aromatic amines is 1. The fourth-order valence-electron chi connectivity index (χ4n) is 4.33. The van der Waals surface area contributed by atoms with Crippen molar-refractivity contribution in [3.05, 3.63) is 89.3 Å². The molecule has 3 heterocycles. The van der Waals surface area contributed by atoms with Crippen LogP contribution >= 0.6 is 0 Å². The number of ether oxygens (including phenoxy) is 1. The fraction of sp³-hybridized carbons (Fsp3) is 0.208. The second-order valence-electron chi connectivity index (χ2n) is 7.96. The van der Waals surface area contributed by atoms with Gasteiger partial charge in [-0.15, -0.1) is 0 Å². The number of fused-ring (bicyclic) bond motifs is 1. The standard InChI is InChI=1S/C24H20F3N5O2/c1-14-28-11-12-31(14)16-5-7-17(8-6-16)32-13-19(15-3-9-18(34-2)10-4-15)20-21(23(32)33)29-30-22(20)24(25,26)27/h3-12,19H,13H2,1-2H3,(H,29,30). The van der Waals surface area contributed by atoms with Crippen molar-refractivity contribution in [3.63, 3.8) is 0 Å². The van der Waals surface area contributed by atoms with Crippen molar-refractivity contribution < 1.29 is 22.7 Å². The molecule has 0 aliphatic carbocycles. The van der Waals surface area contributed by atoms with Crippen LogP contribution < -0.4 is 9.64 Å². The van der Waals surface area contributed by atoms with Crippen molar-refractivity contribution in [2.45, 2.75) is 19.0 Å². The van der Waals surface area contributed by atoms with E-state index in [2.05, 4.69) is 15.2 Å². The Morgan fingerprint density at radius 2 is 1.74 bits per heavy atom. The number of nitrogens with zero attached hydrogens (tertiary/aromatic N) is 4. The number of carbonyl (C=O) groups is 1. The van der Waals surface area contributed by atoms with Gasteiger partial charge in [0, 0.05) is 41.8 Å². The van der Waals surface area contributed by atoms with Crippen molar-refractivity contribution >= 4 is 11.6 Å². The highest BCUT2D eigenvalue weighted by Gasteiger charge is 2.45. The quantitative estimate of drug-likeness (QED) is 0.471. The summed E-state index contributed by atoms with van der Waals surface area (Å²) in [5.74, 6) is 0.0752. The molecule has 1 amide bonds. The number of anilines is 1. The summed E-state index contributed by atoms with van der Waals surface area (Å²) < 4.78 is 48.3. The van der Waals surface area contributed by atoms with Crippen molar-refractivity contribution in [1.82, 2.24) is 19.7 Å². The minimum Gasteiger partial charge on any atom is -0.497 e. The monoisotopic (exact) mass is 467 g/mol. The zero-order chi connectivity index (χ0) is 24.0. The molecule has 1 aliphatic heterocycles. The predicted octanol–water partition coefficient (Wildman–Crippen LogP) is 4.72. The van der Waals surface area contributed by atoms with E-state index in [0.717, 1.165) is 11.5 Å². The van der Waals surface area contributed by atoms with Crippen LogP contribution in [0.25, 0.3) is 5.69 Å². The lowest BCUT2D eigenvalue weighted by atomic mass is 9.85. The van der Waals surface area contributed by atoms with Gasteiger partial charge in [-0.3, -0.25) is 9.89 Å². The number of amides is 1. The van der Waals surface area contributed by atoms with Crippen LogP contribution in [-0.4, -0.2) is 39.3 Å². The van der Waals surface area contributed by atoms with Gasteiger partial charge in [0.05, 0.1) is 7.11 Å². The molecule has 0 saturated heterocycles. The molecule has 1 atom stereocenters. The molecule has 1 N–H and O–H groups in total. The Balaban J connectivity index is 1.57. The molecule has 0 saturated carbocycles. The number of hydrogen-bond acceptors (Lipinski definition) is 4. The number of H-pyrrole nitrogens is 1. The molecule has 5 rings (SSSR count). The molecule has 7 nitrogen and oxygen atoms in total. The molecule has 0 spiro atoms. The third-order valence-electron chi connectivity index (χ3n) is 6.03. The van der Waals surface area contributed by atoms with Crippen LogP contribution in [0.15, 0.2) is 60.9 Å². The number of nitrogens with one attached hydrogen (secondary N) is 1. The first kappa shape index (κ1) is 21.7. The first-order valence-electron chi connectivity index (χ1n) is 10.5. The van der Waals surface area contributed by atoms with E-state index in [9.17, 15) is 18.0 Å². The number of methoxy groups -OCH3 is 1. The topological polar surface area (TPSA) is 76.0 Å². The smallest absolute Gasteiger partial charge is 0.433 e. The van der Waals surface area contributed by atoms with Gasteiger partial charge in [0.1, 0.15) is 17.3 Å². The van der Waals surface area contributed by atoms with Gasteiger partial charge in [0.25, 0.3) is 5.91 Å². The third-order valence-corrected chi connectivity index (χ3v) is 6.03. The number of aryl methyl sites for hydroxylation is 1. The molecule has 34 heavy (non-hydrogen) atoms. The number of rotatable bonds is 4. The summed E-state index contributed by atoms with van der Waals surface area (Å²) in [5, 5.41) is 5.84. The summed E-state index contributed by atoms with van der Waals surface area (Å²) in [6, 6.07) is 14.0. The molecule has 0 fully saturated rings. The summed E-state index contributed by atoms with van der Waals surface area (Å²) in [4.78, 5) is 18.9. The third kappa shape index (κ3) is 3.60. The van der Waals surface area contributed by atoms with E-state index in [4.69, 9.17) is 4.74 Å². The number of imidazole rings is 1. The normalized spacial score (nSPS) is 16.0. The Labute approximate surface area is 192 Å². The molecule has 2 aromatic heterocycles. The van der Waals surface area contributed by atoms with E-state index < -0.39 is 23.7 Å². The molecular formula is C24H20F3N5O2. The average Bonchev–Trinajstić information content (AvgIpc) is 3.47. The molecule has 4 aromatic rings. The molecule has 0 radical (unpaired) electrons. The highest BCUT2D eigenvalue weighted by atomic mass is 19.4. The van der Waals surface area contributed by atoms with Crippen molar-refractivity contribution in [3.8, 4) is 11.4 Å². The molecule has 2 aromatic carbocycles. The molecule has 1 aliphatic rings. The maximum atomic E-state index is 13.8. The lowest BCUT2D eigenvalue weighted by Gasteiger charge is -2.33. The summed E-state index contributed by atoms with van der Waals surface area (Å²) in [6.45, 7) is 1.91. The Bertz CT molecular complexity index is 1340. The van der Waals surface area contributed by atoms with Crippen LogP contribution in [0.1, 0.15) is 39.1 Å². The van der Waals surface area contributed by atoms with Crippen molar-refractivity contribution in [1.29, 1.82) is 0 Å². The number of carbonyl (C=O) groups excluding carboxylic acids is 1. The Hall–Kier alpha value is -4.08. The summed E-state index contributed by atoms with van der Waals surface area (Å²) in [5.41, 5.74) is 0.680. The molecule has 174 valence electrons. The average molecular weight is 467 g/mol. The number of halogens is 3. The van der Waals surface area contributed by atoms with E-state index in [0.29, 0.717) is 17.0 Å². The first-order valence-corrected chi connectivity index (χ1v) is 10.5. The molecule has 1 unspecified atom stereocenters. The number of benzene rings is 2. The van der Waals surface area contributed by atoms with Crippen LogP contribution in [0.5, 0.6) is 5.75 Å². The number of alkyl halides is 3. The fourth-order valence-corrected chi connectivity index (χ4v) is 4.33. The van der Waals surface area contributed by atoms with Crippen LogP contribution in [0.4, 0.5) is 18.9 Å². The summed E-state index contributed by atoms with van der Waals surface area (Å²) in [6.07, 6.45) is -1.16. The largest absolute Gasteiger partial charge is 0.497 e. The van der Waals surface area contributed by atoms with Crippen LogP contribution in [0.2, 0.25) is 0 Å². The van der Waals surface area contributed by atoms with E-state index in [1.807, 2.05) is 29.8 Å². The summed E-state index contributed by atoms with van der Waals surface area (Å²) >= 11 is 0. The van der Waals surface area contributed by atoms with E-state index in [-0.39, 0.29) is 17.8 Å². The molecular weight excluding hydrogens is 447 g/mol. The minimum absolute atomic E-state index is 0.0320. The van der Waals surface area contributed by atoms with Crippen LogP contribution in [0.3, 0.4) is 0 Å². The maximum Gasteiger partial charge on any atom is 0.433 e. The first-order chi connectivity index (χ1) is 16.3. The SMILES string of the molecule is COc1ccc(C2CN(c3ccc(-n4ccnc4C)cc3)C(=O)c3n[nH]c(C(F)(F)F)c32)cc1. The highest BCUT2D eigenvalue weighted by Crippen LogP contribution is 2.42. The van der Waals surface area contributed by atoms with E-state index >= 15 is 0 Å². The Morgan fingerprint density at radius 1 is 1.06 bits per heavy atom. The highest BCUT2D eigenvalue weighted by molar-refractivity contribution is 6.07. The van der Waals surface area contributed by atoms with E-state index in [1.54, 1.807) is 42.6 Å². The minimum atomic E-state index is -4.67. The van der Waals surface area contributed by atoms with Gasteiger partial charge in [-0.2, -0.15) is 18.3 Å². The Morgan fingerprint density at radius 3 is 2.32 bits per heavy atom. The van der Waals surface area contributed by atoms with Crippen molar-refractivity contribution in [2.75, 3.05) is 18.6 Å². The van der Waals surface area contributed by atoms with Gasteiger partial charge in [0.15, 0.2) is 5.69 Å². The van der Waals surface area contributed by atoms with Gasteiger partial charge in [-0.1, -0.05) is 12.1 Å². The summed E-state index contributed by atoms with van der Waals surface area (Å²) in [7, 11) is 1.51.